The van der Waals surface area contributed by atoms with Gasteiger partial charge < -0.3 is 11.3 Å². The Morgan fingerprint density at radius 3 is 2.14 bits per heavy atom. The molecule has 0 saturated heterocycles. The summed E-state index contributed by atoms with van der Waals surface area (Å²) in [5.41, 5.74) is 8.22. The topological polar surface area (TPSA) is 64.4 Å². The second-order valence-electron chi connectivity index (χ2n) is 8.40. The SMILES string of the molecule is CCc1c(-c2ccccc2)c(-c2ccccc2)nn1-c1ccccc1-c1cccc(OCC(=O)O)c1.[H-].[Na+]. The maximum atomic E-state index is 11.0. The van der Waals surface area contributed by atoms with E-state index in [0.717, 1.165) is 51.3 Å². The van der Waals surface area contributed by atoms with Crippen LogP contribution in [0, 0.1) is 0 Å². The number of aromatic nitrogens is 2. The van der Waals surface area contributed by atoms with Gasteiger partial charge in [0.25, 0.3) is 0 Å². The Kier molecular flexibility index (Phi) is 8.62. The van der Waals surface area contributed by atoms with Gasteiger partial charge in [0, 0.05) is 16.7 Å². The van der Waals surface area contributed by atoms with Crippen molar-refractivity contribution < 1.29 is 45.6 Å². The summed E-state index contributed by atoms with van der Waals surface area (Å²) in [6.45, 7) is 1.77. The van der Waals surface area contributed by atoms with E-state index in [9.17, 15) is 4.79 Å². The fourth-order valence-electron chi connectivity index (χ4n) is 4.49. The standard InChI is InChI=1S/C31H26N2O3.Na.H/c1-2-27-30(22-12-5-3-6-13-22)31(23-14-7-4-8-15-23)32-33(27)28-19-10-9-18-26(28)24-16-11-17-25(20-24)36-21-29(34)35;;/h3-20H,2,21H2,1H3,(H,34,35);;/q;+1;-1. The first kappa shape index (κ1) is 26.4. The first-order chi connectivity index (χ1) is 17.7. The molecule has 0 aliphatic rings. The van der Waals surface area contributed by atoms with Gasteiger partial charge in [-0.3, -0.25) is 0 Å². The number of para-hydroxylation sites is 1. The van der Waals surface area contributed by atoms with Crippen LogP contribution in [0.2, 0.25) is 0 Å². The summed E-state index contributed by atoms with van der Waals surface area (Å²) in [4.78, 5) is 11.0. The quantitative estimate of drug-likeness (QED) is 0.329. The number of hydrogen-bond acceptors (Lipinski definition) is 3. The summed E-state index contributed by atoms with van der Waals surface area (Å²) < 4.78 is 7.48. The molecule has 1 heterocycles. The Bertz CT molecular complexity index is 1500. The third-order valence-electron chi connectivity index (χ3n) is 6.07. The molecule has 0 spiro atoms. The third-order valence-corrected chi connectivity index (χ3v) is 6.07. The van der Waals surface area contributed by atoms with Crippen LogP contribution in [-0.2, 0) is 11.2 Å². The van der Waals surface area contributed by atoms with Gasteiger partial charge in [0.1, 0.15) is 11.4 Å². The van der Waals surface area contributed by atoms with Gasteiger partial charge in [-0.1, -0.05) is 97.9 Å². The summed E-state index contributed by atoms with van der Waals surface area (Å²) in [5, 5.41) is 14.2. The van der Waals surface area contributed by atoms with Crippen LogP contribution >= 0.6 is 0 Å². The van der Waals surface area contributed by atoms with Gasteiger partial charge in [0.2, 0.25) is 0 Å². The second kappa shape index (κ2) is 12.1. The van der Waals surface area contributed by atoms with Gasteiger partial charge in [0.15, 0.2) is 6.61 Å². The van der Waals surface area contributed by atoms with Crippen LogP contribution in [0.25, 0.3) is 39.2 Å². The number of nitrogens with zero attached hydrogens (tertiary/aromatic N) is 2. The molecule has 4 aromatic carbocycles. The molecule has 0 unspecified atom stereocenters. The largest absolute Gasteiger partial charge is 1.00 e. The van der Waals surface area contributed by atoms with E-state index in [2.05, 4.69) is 55.5 Å². The van der Waals surface area contributed by atoms with E-state index in [-0.39, 0.29) is 37.6 Å². The number of carboxylic acid groups (broad SMARTS) is 1. The van der Waals surface area contributed by atoms with Crippen molar-refractivity contribution in [3.63, 3.8) is 0 Å². The fraction of sp³-hybridized carbons (Fsp3) is 0.0968. The van der Waals surface area contributed by atoms with Gasteiger partial charge in [-0.2, -0.15) is 5.10 Å². The van der Waals surface area contributed by atoms with E-state index in [1.165, 1.54) is 0 Å². The van der Waals surface area contributed by atoms with Gasteiger partial charge in [-0.25, -0.2) is 9.48 Å². The molecule has 5 nitrogen and oxygen atoms in total. The molecule has 0 amide bonds. The monoisotopic (exact) mass is 498 g/mol. The first-order valence-corrected chi connectivity index (χ1v) is 11.9. The first-order valence-electron chi connectivity index (χ1n) is 11.9. The third kappa shape index (κ3) is 5.70. The van der Waals surface area contributed by atoms with Crippen molar-refractivity contribution in [1.29, 1.82) is 0 Å². The van der Waals surface area contributed by atoms with Crippen LogP contribution in [0.3, 0.4) is 0 Å². The van der Waals surface area contributed by atoms with Crippen molar-refractivity contribution in [2.75, 3.05) is 6.61 Å². The van der Waals surface area contributed by atoms with Crippen LogP contribution < -0.4 is 34.3 Å². The predicted molar refractivity (Wildman–Crippen MR) is 143 cm³/mol. The van der Waals surface area contributed by atoms with Crippen LogP contribution in [-0.4, -0.2) is 27.5 Å². The number of benzene rings is 4. The molecule has 0 atom stereocenters. The molecule has 0 fully saturated rings. The minimum absolute atomic E-state index is 0. The van der Waals surface area contributed by atoms with Crippen LogP contribution in [0.15, 0.2) is 109 Å². The van der Waals surface area contributed by atoms with Crippen molar-refractivity contribution >= 4 is 5.97 Å². The molecular weight excluding hydrogens is 471 g/mol. The molecule has 1 N–H and O–H groups in total. The van der Waals surface area contributed by atoms with E-state index in [1.807, 2.05) is 59.3 Å². The fourth-order valence-corrected chi connectivity index (χ4v) is 4.49. The van der Waals surface area contributed by atoms with Crippen LogP contribution in [0.5, 0.6) is 5.75 Å². The normalized spacial score (nSPS) is 10.5. The molecule has 0 bridgehead atoms. The second-order valence-corrected chi connectivity index (χ2v) is 8.40. The number of hydrogen-bond donors (Lipinski definition) is 1. The summed E-state index contributed by atoms with van der Waals surface area (Å²) in [6, 6.07) is 36.3. The molecule has 1 aromatic heterocycles. The van der Waals surface area contributed by atoms with E-state index in [4.69, 9.17) is 14.9 Å². The maximum Gasteiger partial charge on any atom is 1.00 e. The summed E-state index contributed by atoms with van der Waals surface area (Å²) in [5.74, 6) is -0.498. The predicted octanol–water partition coefficient (Wildman–Crippen LogP) is 4.02. The van der Waals surface area contributed by atoms with E-state index in [0.29, 0.717) is 5.75 Å². The minimum Gasteiger partial charge on any atom is -1.00 e. The molecular formula is C31H27N2NaO3. The van der Waals surface area contributed by atoms with E-state index >= 15 is 0 Å². The average molecular weight is 499 g/mol. The minimum atomic E-state index is -1.01. The zero-order valence-electron chi connectivity index (χ0n) is 22.0. The summed E-state index contributed by atoms with van der Waals surface area (Å²) >= 11 is 0. The maximum absolute atomic E-state index is 11.0. The Labute approximate surface area is 240 Å². The number of carboxylic acids is 1. The molecule has 0 aliphatic carbocycles. The number of aliphatic carboxylic acids is 1. The average Bonchev–Trinajstić information content (AvgIpc) is 3.32. The van der Waals surface area contributed by atoms with Gasteiger partial charge in [-0.15, -0.1) is 0 Å². The van der Waals surface area contributed by atoms with Gasteiger partial charge in [-0.05, 0) is 35.7 Å². The van der Waals surface area contributed by atoms with Crippen molar-refractivity contribution in [1.82, 2.24) is 9.78 Å². The van der Waals surface area contributed by atoms with Gasteiger partial charge >= 0.3 is 35.5 Å². The zero-order chi connectivity index (χ0) is 24.9. The Hall–Kier alpha value is -3.64. The van der Waals surface area contributed by atoms with Crippen molar-refractivity contribution in [3.8, 4) is 44.9 Å². The van der Waals surface area contributed by atoms with E-state index in [1.54, 1.807) is 6.07 Å². The Balaban J connectivity index is 0.00000200. The molecule has 180 valence electrons. The Morgan fingerprint density at radius 2 is 1.46 bits per heavy atom. The van der Waals surface area contributed by atoms with Crippen molar-refractivity contribution in [3.05, 3.63) is 115 Å². The number of rotatable bonds is 8. The molecule has 5 rings (SSSR count). The molecule has 0 radical (unpaired) electrons. The summed E-state index contributed by atoms with van der Waals surface area (Å²) in [7, 11) is 0. The number of ether oxygens (including phenoxy) is 1. The molecule has 0 saturated carbocycles. The smallest absolute Gasteiger partial charge is 1.00 e. The van der Waals surface area contributed by atoms with E-state index < -0.39 is 5.97 Å². The molecule has 0 aliphatic heterocycles. The van der Waals surface area contributed by atoms with Crippen molar-refractivity contribution in [2.24, 2.45) is 0 Å². The number of carbonyl (C=O) groups is 1. The molecule has 37 heavy (non-hydrogen) atoms. The van der Waals surface area contributed by atoms with Crippen molar-refractivity contribution in [2.45, 2.75) is 13.3 Å². The summed E-state index contributed by atoms with van der Waals surface area (Å²) in [6.07, 6.45) is 0.792. The Morgan fingerprint density at radius 1 is 0.838 bits per heavy atom. The van der Waals surface area contributed by atoms with Crippen LogP contribution in [0.4, 0.5) is 0 Å². The van der Waals surface area contributed by atoms with Gasteiger partial charge in [0.05, 0.1) is 11.4 Å². The molecule has 6 heteroatoms. The molecule has 5 aromatic rings. The zero-order valence-corrected chi connectivity index (χ0v) is 23.0. The van der Waals surface area contributed by atoms with Crippen LogP contribution in [0.1, 0.15) is 14.0 Å².